The van der Waals surface area contributed by atoms with Crippen molar-refractivity contribution in [2.24, 2.45) is 5.41 Å². The summed E-state index contributed by atoms with van der Waals surface area (Å²) in [7, 11) is 0. The second-order valence-corrected chi connectivity index (χ2v) is 7.54. The quantitative estimate of drug-likeness (QED) is 0.832. The van der Waals surface area contributed by atoms with Crippen LogP contribution in [0.2, 0.25) is 0 Å². The van der Waals surface area contributed by atoms with Crippen molar-refractivity contribution < 1.29 is 4.79 Å². The van der Waals surface area contributed by atoms with Gasteiger partial charge >= 0.3 is 0 Å². The van der Waals surface area contributed by atoms with E-state index in [-0.39, 0.29) is 11.2 Å². The summed E-state index contributed by atoms with van der Waals surface area (Å²) >= 11 is 0. The number of aromatic nitrogens is 2. The molecule has 1 fully saturated rings. The van der Waals surface area contributed by atoms with Crippen molar-refractivity contribution in [3.8, 4) is 0 Å². The van der Waals surface area contributed by atoms with Crippen molar-refractivity contribution in [3.05, 3.63) is 29.6 Å². The van der Waals surface area contributed by atoms with E-state index in [1.165, 1.54) is 37.7 Å². The second-order valence-electron chi connectivity index (χ2n) is 7.54. The zero-order valence-corrected chi connectivity index (χ0v) is 13.3. The van der Waals surface area contributed by atoms with E-state index in [1.54, 1.807) is 0 Å². The van der Waals surface area contributed by atoms with Crippen LogP contribution in [0.15, 0.2) is 23.9 Å². The molecule has 0 saturated heterocycles. The minimum absolute atomic E-state index is 0.104. The summed E-state index contributed by atoms with van der Waals surface area (Å²) < 4.78 is 2.16. The van der Waals surface area contributed by atoms with E-state index in [2.05, 4.69) is 30.8 Å². The number of rotatable bonds is 3. The van der Waals surface area contributed by atoms with Crippen molar-refractivity contribution in [2.75, 3.05) is 0 Å². The Bertz CT molecular complexity index is 547. The Kier molecular flexibility index (Phi) is 4.01. The van der Waals surface area contributed by atoms with Gasteiger partial charge in [0.1, 0.15) is 0 Å². The largest absolute Gasteiger partial charge is 0.295 e. The molecule has 0 atom stereocenters. The van der Waals surface area contributed by atoms with Crippen molar-refractivity contribution in [1.82, 2.24) is 9.78 Å². The zero-order chi connectivity index (χ0) is 14.9. The molecule has 0 amide bonds. The van der Waals surface area contributed by atoms with E-state index < -0.39 is 0 Å². The fraction of sp³-hybridized carbons (Fsp3) is 0.667. The van der Waals surface area contributed by atoms with Crippen LogP contribution < -0.4 is 0 Å². The van der Waals surface area contributed by atoms with Crippen LogP contribution in [0.25, 0.3) is 0 Å². The summed E-state index contributed by atoms with van der Waals surface area (Å²) in [5, 5.41) is 4.77. The van der Waals surface area contributed by atoms with Crippen molar-refractivity contribution >= 4 is 5.78 Å². The first-order valence-electron chi connectivity index (χ1n) is 8.28. The molecule has 3 rings (SSSR count). The van der Waals surface area contributed by atoms with E-state index in [0.29, 0.717) is 12.5 Å². The number of allylic oxidation sites excluding steroid dienone is 2. The number of hydrogen-bond acceptors (Lipinski definition) is 2. The molecule has 0 spiro atoms. The molecule has 21 heavy (non-hydrogen) atoms. The molecule has 2 aliphatic carbocycles. The predicted octanol–water partition coefficient (Wildman–Crippen LogP) is 4.25. The normalized spacial score (nSPS) is 23.1. The molecule has 1 saturated carbocycles. The Hall–Kier alpha value is -1.38. The number of nitrogens with zero attached hydrogens (tertiary/aromatic N) is 2. The highest BCUT2D eigenvalue weighted by Gasteiger charge is 2.27. The summed E-state index contributed by atoms with van der Waals surface area (Å²) in [5.74, 6) is 0.271. The molecule has 114 valence electrons. The molecule has 1 aromatic heterocycles. The van der Waals surface area contributed by atoms with Gasteiger partial charge < -0.3 is 0 Å². The predicted molar refractivity (Wildman–Crippen MR) is 84.2 cm³/mol. The van der Waals surface area contributed by atoms with Gasteiger partial charge in [0.25, 0.3) is 0 Å². The van der Waals surface area contributed by atoms with Gasteiger partial charge in [0.05, 0.1) is 11.7 Å². The van der Waals surface area contributed by atoms with Gasteiger partial charge in [-0.2, -0.15) is 5.10 Å². The minimum atomic E-state index is 0.104. The molecule has 0 bridgehead atoms. The van der Waals surface area contributed by atoms with Gasteiger partial charge in [-0.25, -0.2) is 0 Å². The monoisotopic (exact) mass is 286 g/mol. The highest BCUT2D eigenvalue weighted by Crippen LogP contribution is 2.35. The standard InChI is InChI=1S/C18H26N2O/c1-18(2)12-14(11-17(21)13-18)10-15-8-9-20(19-15)16-6-4-3-5-7-16/h8-9,11,16H,3-7,10,12-13H2,1-2H3. The molecule has 0 aliphatic heterocycles. The lowest BCUT2D eigenvalue weighted by atomic mass is 9.76. The van der Waals surface area contributed by atoms with Gasteiger partial charge in [0.2, 0.25) is 0 Å². The number of hydrogen-bond donors (Lipinski definition) is 0. The Morgan fingerprint density at radius 3 is 2.71 bits per heavy atom. The topological polar surface area (TPSA) is 34.9 Å². The van der Waals surface area contributed by atoms with E-state index >= 15 is 0 Å². The zero-order valence-electron chi connectivity index (χ0n) is 13.3. The fourth-order valence-corrected chi connectivity index (χ4v) is 3.85. The molecule has 1 heterocycles. The maximum atomic E-state index is 11.8. The number of ketones is 1. The molecule has 0 N–H and O–H groups in total. The molecule has 0 aromatic carbocycles. The van der Waals surface area contributed by atoms with Crippen molar-refractivity contribution in [2.45, 2.75) is 71.3 Å². The first kappa shape index (κ1) is 14.6. The SMILES string of the molecule is CC1(C)CC(=O)C=C(Cc2ccn(C3CCCCC3)n2)C1. The lowest BCUT2D eigenvalue weighted by Crippen LogP contribution is -2.22. The molecule has 3 nitrogen and oxygen atoms in total. The molecule has 0 unspecified atom stereocenters. The Morgan fingerprint density at radius 2 is 2.00 bits per heavy atom. The lowest BCUT2D eigenvalue weighted by Gasteiger charge is -2.28. The number of carbonyl (C=O) groups is 1. The minimum Gasteiger partial charge on any atom is -0.295 e. The van der Waals surface area contributed by atoms with E-state index in [4.69, 9.17) is 5.10 Å². The molecule has 3 heteroatoms. The maximum Gasteiger partial charge on any atom is 0.156 e. The van der Waals surface area contributed by atoms with Crippen LogP contribution >= 0.6 is 0 Å². The summed E-state index contributed by atoms with van der Waals surface area (Å²) in [6, 6.07) is 2.72. The van der Waals surface area contributed by atoms with Crippen molar-refractivity contribution in [1.29, 1.82) is 0 Å². The summed E-state index contributed by atoms with van der Waals surface area (Å²) in [6.45, 7) is 4.36. The second kappa shape index (κ2) is 5.78. The van der Waals surface area contributed by atoms with Crippen LogP contribution in [0.4, 0.5) is 0 Å². The van der Waals surface area contributed by atoms with Crippen LogP contribution in [0.1, 0.15) is 70.5 Å². The Balaban J connectivity index is 1.68. The summed E-state index contributed by atoms with van der Waals surface area (Å²) in [6.07, 6.45) is 13.0. The summed E-state index contributed by atoms with van der Waals surface area (Å²) in [4.78, 5) is 11.8. The first-order chi connectivity index (χ1) is 10.0. The van der Waals surface area contributed by atoms with E-state index in [9.17, 15) is 4.79 Å². The average molecular weight is 286 g/mol. The molecule has 0 radical (unpaired) electrons. The molecular formula is C18H26N2O. The first-order valence-corrected chi connectivity index (χ1v) is 8.28. The third kappa shape index (κ3) is 3.63. The fourth-order valence-electron chi connectivity index (χ4n) is 3.85. The van der Waals surface area contributed by atoms with Gasteiger partial charge in [-0.1, -0.05) is 38.7 Å². The molecule has 2 aliphatic rings. The molecule has 1 aromatic rings. The van der Waals surface area contributed by atoms with Crippen LogP contribution in [0.3, 0.4) is 0 Å². The lowest BCUT2D eigenvalue weighted by molar-refractivity contribution is -0.117. The molecular weight excluding hydrogens is 260 g/mol. The number of carbonyl (C=O) groups excluding carboxylic acids is 1. The summed E-state index contributed by atoms with van der Waals surface area (Å²) in [5.41, 5.74) is 2.45. The third-order valence-electron chi connectivity index (χ3n) is 4.74. The van der Waals surface area contributed by atoms with E-state index in [1.807, 2.05) is 6.08 Å². The maximum absolute atomic E-state index is 11.8. The average Bonchev–Trinajstić information content (AvgIpc) is 2.86. The van der Waals surface area contributed by atoms with Crippen LogP contribution in [0, 0.1) is 5.41 Å². The van der Waals surface area contributed by atoms with E-state index in [0.717, 1.165) is 18.5 Å². The van der Waals surface area contributed by atoms with Gasteiger partial charge in [-0.15, -0.1) is 0 Å². The third-order valence-corrected chi connectivity index (χ3v) is 4.74. The Morgan fingerprint density at radius 1 is 1.24 bits per heavy atom. The van der Waals surface area contributed by atoms with Gasteiger partial charge in [-0.05, 0) is 36.8 Å². The Labute approximate surface area is 127 Å². The van der Waals surface area contributed by atoms with Gasteiger partial charge in [0, 0.05) is 19.0 Å². The highest BCUT2D eigenvalue weighted by atomic mass is 16.1. The van der Waals surface area contributed by atoms with Crippen LogP contribution in [-0.2, 0) is 11.2 Å². The smallest absolute Gasteiger partial charge is 0.156 e. The van der Waals surface area contributed by atoms with Gasteiger partial charge in [0.15, 0.2) is 5.78 Å². The van der Waals surface area contributed by atoms with Crippen molar-refractivity contribution in [3.63, 3.8) is 0 Å². The van der Waals surface area contributed by atoms with Gasteiger partial charge in [-0.3, -0.25) is 9.48 Å². The highest BCUT2D eigenvalue weighted by molar-refractivity contribution is 5.91. The van der Waals surface area contributed by atoms with Crippen LogP contribution in [-0.4, -0.2) is 15.6 Å². The van der Waals surface area contributed by atoms with Crippen LogP contribution in [0.5, 0.6) is 0 Å².